The lowest BCUT2D eigenvalue weighted by atomic mass is 10.2. The molecule has 0 radical (unpaired) electrons. The average molecular weight is 472 g/mol. The number of para-hydroxylation sites is 1. The summed E-state index contributed by atoms with van der Waals surface area (Å²) in [7, 11) is 0. The fourth-order valence-electron chi connectivity index (χ4n) is 4.04. The minimum absolute atomic E-state index is 0. The molecule has 9 heteroatoms. The molecule has 1 aliphatic rings. The van der Waals surface area contributed by atoms with Gasteiger partial charge in [-0.1, -0.05) is 29.5 Å². The monoisotopic (exact) mass is 471 g/mol. The summed E-state index contributed by atoms with van der Waals surface area (Å²) in [6.07, 6.45) is 2.77. The lowest BCUT2D eigenvalue weighted by Crippen LogP contribution is -2.39. The number of aromatic nitrogens is 3. The Morgan fingerprint density at radius 3 is 2.72 bits per heavy atom. The van der Waals surface area contributed by atoms with Crippen molar-refractivity contribution in [2.45, 2.75) is 13.3 Å². The van der Waals surface area contributed by atoms with Gasteiger partial charge < -0.3 is 4.74 Å². The van der Waals surface area contributed by atoms with Crippen LogP contribution in [0.4, 0.5) is 5.13 Å². The number of nitrogens with zero attached hydrogens (tertiary/aromatic N) is 5. The number of ether oxygens (including phenoxy) is 1. The number of carbonyl (C=O) groups is 1. The lowest BCUT2D eigenvalue weighted by Gasteiger charge is -2.27. The number of hydrogen-bond acceptors (Lipinski definition) is 6. The van der Waals surface area contributed by atoms with Crippen molar-refractivity contribution in [1.82, 2.24) is 19.3 Å². The highest BCUT2D eigenvalue weighted by Gasteiger charge is 2.26. The van der Waals surface area contributed by atoms with E-state index in [2.05, 4.69) is 9.88 Å². The van der Waals surface area contributed by atoms with E-state index < -0.39 is 0 Å². The highest BCUT2D eigenvalue weighted by atomic mass is 35.5. The Balaban J connectivity index is 0.00000245. The van der Waals surface area contributed by atoms with Crippen LogP contribution in [0.1, 0.15) is 22.6 Å². The summed E-state index contributed by atoms with van der Waals surface area (Å²) in [5, 5.41) is 0.735. The Labute approximate surface area is 197 Å². The van der Waals surface area contributed by atoms with Gasteiger partial charge in [0, 0.05) is 32.4 Å². The van der Waals surface area contributed by atoms with E-state index in [0.717, 1.165) is 66.0 Å². The number of aryl methyl sites for hydroxylation is 1. The molecule has 0 saturated carbocycles. The number of rotatable bonds is 6. The Kier molecular flexibility index (Phi) is 7.05. The number of anilines is 1. The second-order valence-electron chi connectivity index (χ2n) is 7.70. The number of morpholine rings is 1. The van der Waals surface area contributed by atoms with Crippen molar-refractivity contribution in [3.63, 3.8) is 0 Å². The number of hydrogen-bond donors (Lipinski definition) is 0. The maximum absolute atomic E-state index is 13.8. The Morgan fingerprint density at radius 1 is 1.12 bits per heavy atom. The second-order valence-corrected chi connectivity index (χ2v) is 8.71. The molecule has 4 aromatic rings. The molecule has 1 amide bonds. The van der Waals surface area contributed by atoms with Gasteiger partial charge in [-0.25, -0.2) is 9.97 Å². The van der Waals surface area contributed by atoms with Crippen LogP contribution >= 0.6 is 23.7 Å². The van der Waals surface area contributed by atoms with Gasteiger partial charge in [-0.05, 0) is 37.6 Å². The van der Waals surface area contributed by atoms with Gasteiger partial charge in [0.2, 0.25) is 0 Å². The molecule has 1 fully saturated rings. The lowest BCUT2D eigenvalue weighted by molar-refractivity contribution is 0.0376. The van der Waals surface area contributed by atoms with Crippen LogP contribution in [0, 0.1) is 6.92 Å². The van der Waals surface area contributed by atoms with E-state index in [-0.39, 0.29) is 18.3 Å². The first-order valence-electron chi connectivity index (χ1n) is 10.6. The van der Waals surface area contributed by atoms with Crippen LogP contribution in [0.15, 0.2) is 48.7 Å². The molecule has 1 aliphatic heterocycles. The van der Waals surface area contributed by atoms with E-state index in [9.17, 15) is 4.79 Å². The Hall–Kier alpha value is -2.52. The summed E-state index contributed by atoms with van der Waals surface area (Å²) in [4.78, 5) is 27.4. The van der Waals surface area contributed by atoms with Gasteiger partial charge in [-0.2, -0.15) is 0 Å². The molecule has 0 N–H and O–H groups in total. The molecule has 4 heterocycles. The smallest absolute Gasteiger partial charge is 0.278 e. The fourth-order valence-corrected chi connectivity index (χ4v) is 5.03. The van der Waals surface area contributed by atoms with Crippen molar-refractivity contribution in [2.75, 3.05) is 44.3 Å². The molecule has 0 bridgehead atoms. The zero-order valence-corrected chi connectivity index (χ0v) is 19.6. The molecule has 0 spiro atoms. The van der Waals surface area contributed by atoms with Crippen LogP contribution in [0.5, 0.6) is 0 Å². The van der Waals surface area contributed by atoms with Crippen molar-refractivity contribution in [3.05, 3.63) is 60.0 Å². The molecule has 1 aromatic carbocycles. The third-order valence-corrected chi connectivity index (χ3v) is 6.68. The van der Waals surface area contributed by atoms with Gasteiger partial charge in [0.05, 0.1) is 29.1 Å². The topological polar surface area (TPSA) is 63.0 Å². The van der Waals surface area contributed by atoms with Crippen LogP contribution in [0.2, 0.25) is 0 Å². The Bertz CT molecular complexity index is 1180. The third-order valence-electron chi connectivity index (χ3n) is 5.63. The first kappa shape index (κ1) is 22.7. The van der Waals surface area contributed by atoms with Gasteiger partial charge in [-0.15, -0.1) is 12.4 Å². The molecule has 168 valence electrons. The maximum atomic E-state index is 13.8. The number of carbonyl (C=O) groups excluding carboxylic acids is 1. The number of fused-ring (bicyclic) bond motifs is 2. The minimum Gasteiger partial charge on any atom is -0.379 e. The van der Waals surface area contributed by atoms with Crippen LogP contribution in [0.3, 0.4) is 0 Å². The molecule has 0 unspecified atom stereocenters. The van der Waals surface area contributed by atoms with E-state index >= 15 is 0 Å². The van der Waals surface area contributed by atoms with E-state index in [0.29, 0.717) is 12.2 Å². The second kappa shape index (κ2) is 9.95. The van der Waals surface area contributed by atoms with Gasteiger partial charge in [0.15, 0.2) is 5.13 Å². The first-order valence-corrected chi connectivity index (χ1v) is 11.4. The summed E-state index contributed by atoms with van der Waals surface area (Å²) in [6.45, 7) is 6.89. The van der Waals surface area contributed by atoms with Gasteiger partial charge in [0.1, 0.15) is 11.3 Å². The molecule has 3 aromatic heterocycles. The van der Waals surface area contributed by atoms with Crippen molar-refractivity contribution < 1.29 is 9.53 Å². The van der Waals surface area contributed by atoms with E-state index in [1.54, 1.807) is 11.3 Å². The van der Waals surface area contributed by atoms with Crippen LogP contribution in [-0.4, -0.2) is 64.6 Å². The predicted molar refractivity (Wildman–Crippen MR) is 130 cm³/mol. The zero-order chi connectivity index (χ0) is 21.2. The number of halogens is 1. The quantitative estimate of drug-likeness (QED) is 0.424. The highest BCUT2D eigenvalue weighted by Crippen LogP contribution is 2.30. The summed E-state index contributed by atoms with van der Waals surface area (Å²) in [6, 6.07) is 13.8. The average Bonchev–Trinajstić information content (AvgIpc) is 3.37. The standard InChI is InChI=1S/C23H25N5O2S.ClH/c1-17-21(27-11-5-4-9-20(27)24-17)22(29)28(12-6-10-26-13-15-30-16-14-26)23-25-18-7-2-3-8-19(18)31-23;/h2-5,7-9,11H,6,10,12-16H2,1H3;1H. The summed E-state index contributed by atoms with van der Waals surface area (Å²) in [5.41, 5.74) is 3.03. The molecular weight excluding hydrogens is 446 g/mol. The SMILES string of the molecule is Cc1nc2ccccn2c1C(=O)N(CCCN1CCOCC1)c1nc2ccccc2s1.Cl. The van der Waals surface area contributed by atoms with Gasteiger partial charge >= 0.3 is 0 Å². The molecule has 0 atom stereocenters. The Morgan fingerprint density at radius 2 is 1.91 bits per heavy atom. The zero-order valence-electron chi connectivity index (χ0n) is 17.9. The molecular formula is C23H26ClN5O2S. The largest absolute Gasteiger partial charge is 0.379 e. The van der Waals surface area contributed by atoms with Crippen molar-refractivity contribution in [1.29, 1.82) is 0 Å². The number of benzene rings is 1. The van der Waals surface area contributed by atoms with Crippen molar-refractivity contribution in [3.8, 4) is 0 Å². The van der Waals surface area contributed by atoms with Gasteiger partial charge in [0.25, 0.3) is 5.91 Å². The minimum atomic E-state index is -0.0581. The van der Waals surface area contributed by atoms with Crippen LogP contribution in [-0.2, 0) is 4.74 Å². The molecule has 5 rings (SSSR count). The molecule has 1 saturated heterocycles. The maximum Gasteiger partial charge on any atom is 0.278 e. The van der Waals surface area contributed by atoms with Crippen LogP contribution in [0.25, 0.3) is 15.9 Å². The number of thiazole rings is 1. The number of imidazole rings is 1. The number of pyridine rings is 1. The number of amides is 1. The van der Waals surface area contributed by atoms with Crippen molar-refractivity contribution in [2.24, 2.45) is 0 Å². The predicted octanol–water partition coefficient (Wildman–Crippen LogP) is 4.04. The third kappa shape index (κ3) is 4.49. The fraction of sp³-hybridized carbons (Fsp3) is 0.348. The van der Waals surface area contributed by atoms with Crippen molar-refractivity contribution >= 4 is 50.6 Å². The van der Waals surface area contributed by atoms with E-state index in [1.165, 1.54) is 0 Å². The normalized spacial score (nSPS) is 14.5. The summed E-state index contributed by atoms with van der Waals surface area (Å²) >= 11 is 1.56. The van der Waals surface area contributed by atoms with Gasteiger partial charge in [-0.3, -0.25) is 19.0 Å². The van der Waals surface area contributed by atoms with E-state index in [4.69, 9.17) is 9.72 Å². The van der Waals surface area contributed by atoms with Crippen LogP contribution < -0.4 is 4.90 Å². The molecule has 32 heavy (non-hydrogen) atoms. The summed E-state index contributed by atoms with van der Waals surface area (Å²) < 4.78 is 8.40. The first-order chi connectivity index (χ1) is 15.2. The summed E-state index contributed by atoms with van der Waals surface area (Å²) in [5.74, 6) is -0.0581. The molecule has 7 nitrogen and oxygen atoms in total. The van der Waals surface area contributed by atoms with E-state index in [1.807, 2.05) is 64.9 Å². The molecule has 0 aliphatic carbocycles. The highest BCUT2D eigenvalue weighted by molar-refractivity contribution is 7.22.